The zero-order valence-electron chi connectivity index (χ0n) is 14.1. The third-order valence-corrected chi connectivity index (χ3v) is 3.99. The largest absolute Gasteiger partial charge is 0.337 e. The van der Waals surface area contributed by atoms with Crippen LogP contribution in [0, 0.1) is 6.92 Å². The van der Waals surface area contributed by atoms with Crippen LogP contribution in [0.25, 0.3) is 0 Å². The van der Waals surface area contributed by atoms with Crippen LogP contribution in [0.3, 0.4) is 0 Å². The predicted octanol–water partition coefficient (Wildman–Crippen LogP) is 1.81. The first-order valence-corrected chi connectivity index (χ1v) is 7.98. The molecule has 0 bridgehead atoms. The molecule has 0 spiro atoms. The summed E-state index contributed by atoms with van der Waals surface area (Å²) in [5.74, 6) is 0.847. The lowest BCUT2D eigenvalue weighted by atomic mass is 10.2. The van der Waals surface area contributed by atoms with Crippen LogP contribution >= 0.6 is 0 Å². The quantitative estimate of drug-likeness (QED) is 0.791. The number of nitrogens with zero attached hydrogens (tertiary/aromatic N) is 4. The van der Waals surface area contributed by atoms with Crippen LogP contribution in [0.1, 0.15) is 37.9 Å². The molecule has 1 unspecified atom stereocenters. The van der Waals surface area contributed by atoms with Crippen LogP contribution in [0.2, 0.25) is 0 Å². The molecule has 2 rings (SSSR count). The number of aromatic nitrogens is 2. The molecule has 1 aromatic rings. The van der Waals surface area contributed by atoms with Crippen LogP contribution in [-0.2, 0) is 6.54 Å². The molecule has 118 valence electrons. The molecule has 0 aromatic carbocycles. The molecule has 0 aliphatic heterocycles. The van der Waals surface area contributed by atoms with E-state index >= 15 is 0 Å². The fraction of sp³-hybridized carbons (Fsp3) is 0.750. The maximum atomic E-state index is 4.73. The zero-order chi connectivity index (χ0) is 15.4. The minimum Gasteiger partial charge on any atom is -0.337 e. The van der Waals surface area contributed by atoms with Crippen molar-refractivity contribution in [1.82, 2.24) is 20.2 Å². The van der Waals surface area contributed by atoms with Crippen LogP contribution < -0.4 is 10.2 Å². The summed E-state index contributed by atoms with van der Waals surface area (Å²) in [5, 5.41) is 3.52. The number of aryl methyl sites for hydroxylation is 1. The molecule has 1 fully saturated rings. The Balaban J connectivity index is 2.04. The molecule has 5 nitrogen and oxygen atoms in total. The lowest BCUT2D eigenvalue weighted by Crippen LogP contribution is -2.41. The zero-order valence-corrected chi connectivity index (χ0v) is 14.1. The van der Waals surface area contributed by atoms with E-state index in [1.54, 1.807) is 0 Å². The van der Waals surface area contributed by atoms with Gasteiger partial charge >= 0.3 is 0 Å². The van der Waals surface area contributed by atoms with Crippen molar-refractivity contribution in [2.75, 3.05) is 32.1 Å². The van der Waals surface area contributed by atoms with E-state index in [2.05, 4.69) is 55.0 Å². The smallest absolute Gasteiger partial charge is 0.225 e. The summed E-state index contributed by atoms with van der Waals surface area (Å²) in [4.78, 5) is 13.8. The van der Waals surface area contributed by atoms with Gasteiger partial charge in [-0.15, -0.1) is 0 Å². The Morgan fingerprint density at radius 1 is 1.38 bits per heavy atom. The third-order valence-electron chi connectivity index (χ3n) is 3.99. The molecule has 1 aromatic heterocycles. The summed E-state index contributed by atoms with van der Waals surface area (Å²) in [7, 11) is 4.20. The second-order valence-electron chi connectivity index (χ2n) is 6.33. The topological polar surface area (TPSA) is 44.3 Å². The average molecular weight is 291 g/mol. The molecule has 0 saturated heterocycles. The summed E-state index contributed by atoms with van der Waals surface area (Å²) in [6.45, 7) is 9.28. The van der Waals surface area contributed by atoms with Gasteiger partial charge in [0.15, 0.2) is 0 Å². The monoisotopic (exact) mass is 291 g/mol. The summed E-state index contributed by atoms with van der Waals surface area (Å²) < 4.78 is 0. The molecular formula is C16H29N5. The second-order valence-corrected chi connectivity index (χ2v) is 6.33. The van der Waals surface area contributed by atoms with Gasteiger partial charge in [-0.2, -0.15) is 0 Å². The van der Waals surface area contributed by atoms with Crippen LogP contribution in [0.5, 0.6) is 0 Å². The van der Waals surface area contributed by atoms with Crippen molar-refractivity contribution >= 4 is 5.95 Å². The van der Waals surface area contributed by atoms with Gasteiger partial charge in [-0.1, -0.05) is 0 Å². The lowest BCUT2D eigenvalue weighted by Gasteiger charge is -2.30. The number of hydrogen-bond donors (Lipinski definition) is 1. The van der Waals surface area contributed by atoms with E-state index in [9.17, 15) is 0 Å². The number of likely N-dealkylation sites (N-methyl/N-ethyl adjacent to an activating group) is 2. The minimum absolute atomic E-state index is 0.403. The SMILES string of the molecule is CCN(c1ncc(CNC2CC2)c(C)n1)C(C)CN(C)C. The van der Waals surface area contributed by atoms with E-state index in [4.69, 9.17) is 4.98 Å². The Hall–Kier alpha value is -1.20. The third kappa shape index (κ3) is 4.64. The molecule has 1 aliphatic carbocycles. The average Bonchev–Trinajstić information content (AvgIpc) is 3.21. The Kier molecular flexibility index (Phi) is 5.53. The standard InChI is InChI=1S/C16H29N5/c1-6-21(12(2)11-20(4)5)16-18-10-14(13(3)19-16)9-17-15-7-8-15/h10,12,15,17H,6-9,11H2,1-5H3. The normalized spacial score (nSPS) is 16.3. The number of rotatable bonds is 8. The highest BCUT2D eigenvalue weighted by Gasteiger charge is 2.21. The van der Waals surface area contributed by atoms with E-state index in [1.807, 2.05) is 6.20 Å². The second kappa shape index (κ2) is 7.18. The van der Waals surface area contributed by atoms with Gasteiger partial charge < -0.3 is 15.1 Å². The highest BCUT2D eigenvalue weighted by atomic mass is 15.3. The Labute approximate surface area is 128 Å². The van der Waals surface area contributed by atoms with Crippen LogP contribution in [0.15, 0.2) is 6.20 Å². The van der Waals surface area contributed by atoms with Gasteiger partial charge in [0.05, 0.1) is 0 Å². The van der Waals surface area contributed by atoms with E-state index in [0.717, 1.165) is 37.3 Å². The summed E-state index contributed by atoms with van der Waals surface area (Å²) in [6, 6.07) is 1.12. The first kappa shape index (κ1) is 16.2. The van der Waals surface area contributed by atoms with Gasteiger partial charge in [0, 0.05) is 49.2 Å². The lowest BCUT2D eigenvalue weighted by molar-refractivity contribution is 0.371. The van der Waals surface area contributed by atoms with Gasteiger partial charge in [-0.05, 0) is 47.7 Å². The Morgan fingerprint density at radius 2 is 2.10 bits per heavy atom. The molecular weight excluding hydrogens is 262 g/mol. The molecule has 1 aliphatic rings. The summed E-state index contributed by atoms with van der Waals surface area (Å²) >= 11 is 0. The predicted molar refractivity (Wildman–Crippen MR) is 87.7 cm³/mol. The van der Waals surface area contributed by atoms with Crippen LogP contribution in [0.4, 0.5) is 5.95 Å². The number of nitrogens with one attached hydrogen (secondary N) is 1. The molecule has 5 heteroatoms. The van der Waals surface area contributed by atoms with Gasteiger partial charge in [-0.3, -0.25) is 0 Å². The molecule has 21 heavy (non-hydrogen) atoms. The number of anilines is 1. The van der Waals surface area contributed by atoms with Crippen molar-refractivity contribution in [2.24, 2.45) is 0 Å². The van der Waals surface area contributed by atoms with Crippen molar-refractivity contribution in [3.8, 4) is 0 Å². The van der Waals surface area contributed by atoms with Crippen molar-refractivity contribution < 1.29 is 0 Å². The minimum atomic E-state index is 0.403. The summed E-state index contributed by atoms with van der Waals surface area (Å²) in [5.41, 5.74) is 2.30. The van der Waals surface area contributed by atoms with Gasteiger partial charge in [0.1, 0.15) is 0 Å². The maximum absolute atomic E-state index is 4.73. The van der Waals surface area contributed by atoms with E-state index in [-0.39, 0.29) is 0 Å². The van der Waals surface area contributed by atoms with Gasteiger partial charge in [0.2, 0.25) is 5.95 Å². The Bertz CT molecular complexity index is 456. The first-order valence-electron chi connectivity index (χ1n) is 7.98. The fourth-order valence-corrected chi connectivity index (χ4v) is 2.61. The molecule has 1 atom stereocenters. The Morgan fingerprint density at radius 3 is 2.62 bits per heavy atom. The van der Waals surface area contributed by atoms with E-state index in [1.165, 1.54) is 18.4 Å². The van der Waals surface area contributed by atoms with E-state index < -0.39 is 0 Å². The number of hydrogen-bond acceptors (Lipinski definition) is 5. The molecule has 0 radical (unpaired) electrons. The van der Waals surface area contributed by atoms with Crippen molar-refractivity contribution in [3.63, 3.8) is 0 Å². The molecule has 1 N–H and O–H groups in total. The summed E-state index contributed by atoms with van der Waals surface area (Å²) in [6.07, 6.45) is 4.60. The molecule has 1 heterocycles. The highest BCUT2D eigenvalue weighted by molar-refractivity contribution is 5.34. The van der Waals surface area contributed by atoms with Crippen molar-refractivity contribution in [1.29, 1.82) is 0 Å². The van der Waals surface area contributed by atoms with Gasteiger partial charge in [-0.25, -0.2) is 9.97 Å². The maximum Gasteiger partial charge on any atom is 0.225 e. The van der Waals surface area contributed by atoms with Crippen LogP contribution in [-0.4, -0.2) is 54.1 Å². The first-order chi connectivity index (χ1) is 10.0. The van der Waals surface area contributed by atoms with Crippen molar-refractivity contribution in [3.05, 3.63) is 17.5 Å². The molecule has 1 saturated carbocycles. The fourth-order valence-electron chi connectivity index (χ4n) is 2.61. The molecule has 0 amide bonds. The highest BCUT2D eigenvalue weighted by Crippen LogP contribution is 2.20. The van der Waals surface area contributed by atoms with E-state index in [0.29, 0.717) is 6.04 Å². The van der Waals surface area contributed by atoms with Gasteiger partial charge in [0.25, 0.3) is 0 Å². The van der Waals surface area contributed by atoms with Crippen molar-refractivity contribution in [2.45, 2.75) is 52.2 Å².